The highest BCUT2D eigenvalue weighted by atomic mass is 19.4. The van der Waals surface area contributed by atoms with Gasteiger partial charge in [-0.15, -0.1) is 0 Å². The number of nitrogens with zero attached hydrogens (tertiary/aromatic N) is 3. The van der Waals surface area contributed by atoms with Crippen molar-refractivity contribution in [3.8, 4) is 0 Å². The number of carbonyl (C=O) groups excluding carboxylic acids is 2. The third-order valence-electron chi connectivity index (χ3n) is 7.90. The Kier molecular flexibility index (Phi) is 10.4. The van der Waals surface area contributed by atoms with Crippen molar-refractivity contribution in [2.75, 3.05) is 18.1 Å². The molecular weight excluding hydrogens is 693 g/mol. The lowest BCUT2D eigenvalue weighted by Crippen LogP contribution is -2.61. The number of carbonyl (C=O) groups is 3. The van der Waals surface area contributed by atoms with E-state index in [1.807, 2.05) is 5.32 Å². The molecule has 0 spiro atoms. The molecule has 3 aromatic rings. The predicted octanol–water partition coefficient (Wildman–Crippen LogP) is 6.50. The fourth-order valence-electron chi connectivity index (χ4n) is 5.50. The van der Waals surface area contributed by atoms with Gasteiger partial charge in [-0.05, 0) is 67.3 Å². The van der Waals surface area contributed by atoms with E-state index in [2.05, 4.69) is 9.97 Å². The third kappa shape index (κ3) is 8.09. The van der Waals surface area contributed by atoms with E-state index < -0.39 is 94.6 Å². The van der Waals surface area contributed by atoms with Crippen molar-refractivity contribution in [1.29, 1.82) is 0 Å². The highest BCUT2D eigenvalue weighted by Crippen LogP contribution is 2.47. The van der Waals surface area contributed by atoms with Crippen molar-refractivity contribution in [2.24, 2.45) is 5.73 Å². The predicted molar refractivity (Wildman–Crippen MR) is 156 cm³/mol. The maximum atomic E-state index is 13.9. The van der Waals surface area contributed by atoms with Crippen LogP contribution in [0, 0.1) is 0 Å². The molecule has 0 saturated heterocycles. The number of amides is 2. The number of nitrogens with one attached hydrogen (secondary N) is 1. The fraction of sp³-hybridized carbons (Fsp3) is 0.387. The maximum Gasteiger partial charge on any atom is 0.416 e. The van der Waals surface area contributed by atoms with Gasteiger partial charge in [-0.3, -0.25) is 14.5 Å². The lowest BCUT2D eigenvalue weighted by Gasteiger charge is -2.46. The molecule has 270 valence electrons. The molecule has 0 bridgehead atoms. The molecule has 19 heteroatoms. The number of fused-ring (bicyclic) bond motifs is 1. The number of carboxylic acids is 1. The van der Waals surface area contributed by atoms with Crippen LogP contribution in [0.1, 0.15) is 82.3 Å². The number of hydrogen-bond acceptors (Lipinski definition) is 7. The zero-order valence-electron chi connectivity index (χ0n) is 26.1. The van der Waals surface area contributed by atoms with Gasteiger partial charge in [0.15, 0.2) is 0 Å². The Morgan fingerprint density at radius 1 is 0.960 bits per heavy atom. The molecule has 0 unspecified atom stereocenters. The van der Waals surface area contributed by atoms with Crippen LogP contribution in [0.15, 0.2) is 42.6 Å². The van der Waals surface area contributed by atoms with Crippen molar-refractivity contribution < 1.29 is 63.7 Å². The number of alkyl halides is 9. The molecule has 4 rings (SSSR count). The van der Waals surface area contributed by atoms with Crippen LogP contribution < -0.4 is 16.0 Å². The number of carboxylic acid groups (broad SMARTS) is 1. The first-order valence-electron chi connectivity index (χ1n) is 14.7. The number of hydrogen-bond donors (Lipinski definition) is 3. The topological polar surface area (TPSA) is 148 Å². The first kappa shape index (κ1) is 37.9. The highest BCUT2D eigenvalue weighted by molar-refractivity contribution is 5.96. The van der Waals surface area contributed by atoms with Gasteiger partial charge in [0, 0.05) is 18.5 Å². The summed E-state index contributed by atoms with van der Waals surface area (Å²) >= 11 is 0. The molecule has 0 fully saturated rings. The molecule has 1 aromatic heterocycles. The summed E-state index contributed by atoms with van der Waals surface area (Å²) in [7, 11) is 0. The van der Waals surface area contributed by atoms with Crippen LogP contribution in [0.3, 0.4) is 0 Å². The van der Waals surface area contributed by atoms with Crippen LogP contribution in [0.4, 0.5) is 50.0 Å². The van der Waals surface area contributed by atoms with Crippen LogP contribution in [-0.4, -0.2) is 51.9 Å². The quantitative estimate of drug-likeness (QED) is 0.224. The summed E-state index contributed by atoms with van der Waals surface area (Å²) in [5.74, 6) is -4.26. The van der Waals surface area contributed by atoms with Crippen molar-refractivity contribution in [3.05, 3.63) is 87.5 Å². The van der Waals surface area contributed by atoms with Gasteiger partial charge in [-0.1, -0.05) is 6.92 Å². The lowest BCUT2D eigenvalue weighted by atomic mass is 9.80. The molecule has 0 radical (unpaired) electrons. The number of nitrogens with two attached hydrogens (primary N) is 1. The molecule has 10 nitrogen and oxygen atoms in total. The molecule has 50 heavy (non-hydrogen) atoms. The number of benzene rings is 2. The Bertz CT molecular complexity index is 1760. The summed E-state index contributed by atoms with van der Waals surface area (Å²) < 4.78 is 129. The van der Waals surface area contributed by atoms with E-state index in [1.54, 1.807) is 6.92 Å². The van der Waals surface area contributed by atoms with E-state index in [9.17, 15) is 53.9 Å². The summed E-state index contributed by atoms with van der Waals surface area (Å²) in [6.07, 6.45) is -16.7. The molecule has 1 aliphatic rings. The Hall–Kier alpha value is -4.94. The molecule has 4 N–H and O–H groups in total. The molecule has 2 aromatic carbocycles. The van der Waals surface area contributed by atoms with E-state index in [0.29, 0.717) is 18.2 Å². The van der Waals surface area contributed by atoms with Gasteiger partial charge in [0.05, 0.1) is 40.2 Å². The minimum Gasteiger partial charge on any atom is -0.480 e. The second kappa shape index (κ2) is 13.8. The number of anilines is 1. The average molecular weight is 722 g/mol. The maximum absolute atomic E-state index is 13.9. The monoisotopic (exact) mass is 721 g/mol. The van der Waals surface area contributed by atoms with E-state index >= 15 is 0 Å². The largest absolute Gasteiger partial charge is 0.480 e. The number of halogens is 9. The standard InChI is InChI=1S/C31H28F9N5O5/c1-3-28(41)12-20(19-11-16(29(32,33)34)5-6-23(19)45(28)27(49)50-4-2)25-42-13-21(26(48)43-14-24(46)47)22(44-25)9-15-7-17(30(35,36)37)10-18(8-15)31(38,39)40/h5-8,10-11,13,20H,3-4,9,12,14,41H2,1-2H3,(H,43,48)(H,46,47)/t20-,28+/m0/s1. The van der Waals surface area contributed by atoms with Gasteiger partial charge in [0.2, 0.25) is 0 Å². The van der Waals surface area contributed by atoms with Crippen molar-refractivity contribution >= 4 is 23.7 Å². The van der Waals surface area contributed by atoms with Crippen LogP contribution in [0.25, 0.3) is 0 Å². The zero-order chi connectivity index (χ0) is 37.4. The SMILES string of the molecule is CCOC(=O)N1c2ccc(C(F)(F)F)cc2[C@@H](c2ncc(C(=O)NCC(=O)O)c(Cc3cc(C(F)(F)F)cc(C(F)(F)F)c3)n2)C[C@@]1(N)CC. The molecule has 2 atom stereocenters. The highest BCUT2D eigenvalue weighted by Gasteiger charge is 2.47. The Balaban J connectivity index is 1.96. The first-order chi connectivity index (χ1) is 23.1. The second-order valence-electron chi connectivity index (χ2n) is 11.3. The van der Waals surface area contributed by atoms with Crippen molar-refractivity contribution in [1.82, 2.24) is 15.3 Å². The van der Waals surface area contributed by atoms with Gasteiger partial charge >= 0.3 is 30.6 Å². The van der Waals surface area contributed by atoms with E-state index in [0.717, 1.165) is 23.2 Å². The summed E-state index contributed by atoms with van der Waals surface area (Å²) in [4.78, 5) is 46.5. The number of ether oxygens (including phenoxy) is 1. The second-order valence-corrected chi connectivity index (χ2v) is 11.3. The molecule has 1 aliphatic heterocycles. The first-order valence-corrected chi connectivity index (χ1v) is 14.7. The third-order valence-corrected chi connectivity index (χ3v) is 7.90. The molecule has 2 amide bonds. The van der Waals surface area contributed by atoms with Crippen molar-refractivity contribution in [3.63, 3.8) is 0 Å². The Labute approximate surface area is 277 Å². The smallest absolute Gasteiger partial charge is 0.416 e. The molecule has 0 aliphatic carbocycles. The minimum absolute atomic E-state index is 0.00969. The Morgan fingerprint density at radius 3 is 2.08 bits per heavy atom. The van der Waals surface area contributed by atoms with Crippen LogP contribution in [0.5, 0.6) is 0 Å². The summed E-state index contributed by atoms with van der Waals surface area (Å²) in [5.41, 5.74) is -1.37. The van der Waals surface area contributed by atoms with Crippen molar-refractivity contribution in [2.45, 2.75) is 63.2 Å². The number of rotatable bonds is 8. The fourth-order valence-corrected chi connectivity index (χ4v) is 5.50. The average Bonchev–Trinajstić information content (AvgIpc) is 3.01. The number of aromatic nitrogens is 2. The molecular formula is C31H28F9N5O5. The van der Waals surface area contributed by atoms with E-state index in [4.69, 9.17) is 15.6 Å². The number of aliphatic carboxylic acids is 1. The summed E-state index contributed by atoms with van der Waals surface area (Å²) in [5, 5.41) is 11.0. The normalized spacial score (nSPS) is 18.0. The van der Waals surface area contributed by atoms with E-state index in [-0.39, 0.29) is 42.6 Å². The van der Waals surface area contributed by atoms with Gasteiger partial charge < -0.3 is 20.9 Å². The zero-order valence-corrected chi connectivity index (χ0v) is 26.1. The van der Waals surface area contributed by atoms with Gasteiger partial charge in [-0.25, -0.2) is 14.8 Å². The summed E-state index contributed by atoms with van der Waals surface area (Å²) in [6.45, 7) is 2.02. The summed E-state index contributed by atoms with van der Waals surface area (Å²) in [6, 6.07) is 3.13. The van der Waals surface area contributed by atoms with Gasteiger partial charge in [0.1, 0.15) is 18.0 Å². The van der Waals surface area contributed by atoms with Crippen LogP contribution in [-0.2, 0) is 34.5 Å². The minimum atomic E-state index is -5.22. The Morgan fingerprint density at radius 2 is 1.56 bits per heavy atom. The van der Waals surface area contributed by atoms with Gasteiger partial charge in [-0.2, -0.15) is 39.5 Å². The lowest BCUT2D eigenvalue weighted by molar-refractivity contribution is -0.143. The van der Waals surface area contributed by atoms with Crippen LogP contribution in [0.2, 0.25) is 0 Å². The van der Waals surface area contributed by atoms with Crippen LogP contribution >= 0.6 is 0 Å². The van der Waals surface area contributed by atoms with E-state index in [1.165, 1.54) is 6.92 Å². The molecule has 2 heterocycles. The van der Waals surface area contributed by atoms with Gasteiger partial charge in [0.25, 0.3) is 5.91 Å². The molecule has 0 saturated carbocycles.